The predicted octanol–water partition coefficient (Wildman–Crippen LogP) is 1.65. The Hall–Kier alpha value is -1.43. The summed E-state index contributed by atoms with van der Waals surface area (Å²) >= 11 is 0. The SMILES string of the molecule is Cn1nc(C2CC2)nc1CC(=O)N1CCCC(OCC2CC2)C1. The number of carbonyl (C=O) groups excluding carboxylic acids is 1. The molecule has 3 fully saturated rings. The van der Waals surface area contributed by atoms with Crippen molar-refractivity contribution in [2.75, 3.05) is 19.7 Å². The Morgan fingerprint density at radius 2 is 2.09 bits per heavy atom. The van der Waals surface area contributed by atoms with Crippen molar-refractivity contribution in [3.05, 3.63) is 11.6 Å². The Labute approximate surface area is 137 Å². The molecular weight excluding hydrogens is 292 g/mol. The summed E-state index contributed by atoms with van der Waals surface area (Å²) in [6, 6.07) is 0. The van der Waals surface area contributed by atoms with Crippen LogP contribution in [0.25, 0.3) is 0 Å². The van der Waals surface area contributed by atoms with Gasteiger partial charge in [-0.1, -0.05) is 0 Å². The molecule has 126 valence electrons. The average molecular weight is 318 g/mol. The van der Waals surface area contributed by atoms with Crippen LogP contribution in [0.5, 0.6) is 0 Å². The molecule has 0 N–H and O–H groups in total. The molecule has 6 heteroatoms. The smallest absolute Gasteiger partial charge is 0.230 e. The van der Waals surface area contributed by atoms with Gasteiger partial charge in [-0.3, -0.25) is 9.48 Å². The molecule has 6 nitrogen and oxygen atoms in total. The van der Waals surface area contributed by atoms with Gasteiger partial charge in [0, 0.05) is 32.7 Å². The van der Waals surface area contributed by atoms with Crippen molar-refractivity contribution >= 4 is 5.91 Å². The monoisotopic (exact) mass is 318 g/mol. The normalized spacial score (nSPS) is 24.9. The van der Waals surface area contributed by atoms with Gasteiger partial charge in [0.05, 0.1) is 12.5 Å². The number of hydrogen-bond donors (Lipinski definition) is 0. The van der Waals surface area contributed by atoms with E-state index >= 15 is 0 Å². The Kier molecular flexibility index (Phi) is 4.09. The van der Waals surface area contributed by atoms with Crippen molar-refractivity contribution in [2.45, 2.75) is 57.0 Å². The molecule has 2 aliphatic carbocycles. The topological polar surface area (TPSA) is 60.2 Å². The minimum atomic E-state index is 0.155. The van der Waals surface area contributed by atoms with E-state index in [1.165, 1.54) is 25.7 Å². The predicted molar refractivity (Wildman–Crippen MR) is 85.0 cm³/mol. The number of aryl methyl sites for hydroxylation is 1. The molecule has 0 spiro atoms. The van der Waals surface area contributed by atoms with E-state index in [-0.39, 0.29) is 12.0 Å². The van der Waals surface area contributed by atoms with Gasteiger partial charge < -0.3 is 9.64 Å². The first-order chi connectivity index (χ1) is 11.2. The van der Waals surface area contributed by atoms with E-state index in [9.17, 15) is 4.79 Å². The maximum Gasteiger partial charge on any atom is 0.230 e. The van der Waals surface area contributed by atoms with Gasteiger partial charge in [0.2, 0.25) is 5.91 Å². The van der Waals surface area contributed by atoms with Crippen molar-refractivity contribution in [2.24, 2.45) is 13.0 Å². The molecule has 3 aliphatic rings. The summed E-state index contributed by atoms with van der Waals surface area (Å²) in [7, 11) is 1.89. The van der Waals surface area contributed by atoms with E-state index in [2.05, 4.69) is 10.1 Å². The summed E-state index contributed by atoms with van der Waals surface area (Å²) in [5.74, 6) is 3.17. The Morgan fingerprint density at radius 1 is 1.26 bits per heavy atom. The lowest BCUT2D eigenvalue weighted by Crippen LogP contribution is -2.44. The van der Waals surface area contributed by atoms with E-state index in [1.54, 1.807) is 4.68 Å². The van der Waals surface area contributed by atoms with E-state index in [1.807, 2.05) is 11.9 Å². The number of carbonyl (C=O) groups is 1. The lowest BCUT2D eigenvalue weighted by molar-refractivity contribution is -0.134. The molecule has 4 rings (SSSR count). The highest BCUT2D eigenvalue weighted by molar-refractivity contribution is 5.78. The number of amides is 1. The summed E-state index contributed by atoms with van der Waals surface area (Å²) in [5.41, 5.74) is 0. The molecule has 23 heavy (non-hydrogen) atoms. The minimum absolute atomic E-state index is 0.155. The zero-order valence-corrected chi connectivity index (χ0v) is 13.9. The Morgan fingerprint density at radius 3 is 2.83 bits per heavy atom. The molecule has 0 bridgehead atoms. The highest BCUT2D eigenvalue weighted by Crippen LogP contribution is 2.38. The van der Waals surface area contributed by atoms with Crippen molar-refractivity contribution in [1.29, 1.82) is 0 Å². The van der Waals surface area contributed by atoms with Crippen LogP contribution in [0.4, 0.5) is 0 Å². The zero-order chi connectivity index (χ0) is 15.8. The van der Waals surface area contributed by atoms with Gasteiger partial charge in [0.25, 0.3) is 0 Å². The van der Waals surface area contributed by atoms with Crippen molar-refractivity contribution in [1.82, 2.24) is 19.7 Å². The third kappa shape index (κ3) is 3.74. The van der Waals surface area contributed by atoms with Crippen LogP contribution in [0.3, 0.4) is 0 Å². The molecule has 1 atom stereocenters. The zero-order valence-electron chi connectivity index (χ0n) is 13.9. The molecule has 1 aromatic rings. The van der Waals surface area contributed by atoms with Crippen LogP contribution in [0, 0.1) is 5.92 Å². The molecule has 1 amide bonds. The molecular formula is C17H26N4O2. The quantitative estimate of drug-likeness (QED) is 0.800. The van der Waals surface area contributed by atoms with Crippen LogP contribution >= 0.6 is 0 Å². The number of piperidine rings is 1. The van der Waals surface area contributed by atoms with Crippen molar-refractivity contribution in [3.63, 3.8) is 0 Å². The lowest BCUT2D eigenvalue weighted by atomic mass is 10.1. The van der Waals surface area contributed by atoms with Gasteiger partial charge in [0.1, 0.15) is 5.82 Å². The molecule has 1 unspecified atom stereocenters. The highest BCUT2D eigenvalue weighted by Gasteiger charge is 2.30. The number of likely N-dealkylation sites (tertiary alicyclic amines) is 1. The van der Waals surface area contributed by atoms with Crippen LogP contribution in [-0.2, 0) is 23.0 Å². The van der Waals surface area contributed by atoms with E-state index < -0.39 is 0 Å². The Bertz CT molecular complexity index is 577. The second kappa shape index (κ2) is 6.23. The number of rotatable bonds is 6. The third-order valence-electron chi connectivity index (χ3n) is 5.12. The summed E-state index contributed by atoms with van der Waals surface area (Å²) in [4.78, 5) is 19.1. The van der Waals surface area contributed by atoms with Crippen LogP contribution in [0.2, 0.25) is 0 Å². The van der Waals surface area contributed by atoms with Gasteiger partial charge in [-0.05, 0) is 44.4 Å². The maximum absolute atomic E-state index is 12.6. The summed E-state index contributed by atoms with van der Waals surface area (Å²) in [6.07, 6.45) is 7.67. The average Bonchev–Trinajstić information content (AvgIpc) is 3.46. The summed E-state index contributed by atoms with van der Waals surface area (Å²) < 4.78 is 7.75. The lowest BCUT2D eigenvalue weighted by Gasteiger charge is -2.32. The van der Waals surface area contributed by atoms with Crippen LogP contribution < -0.4 is 0 Å². The van der Waals surface area contributed by atoms with Crippen LogP contribution in [0.15, 0.2) is 0 Å². The number of hydrogen-bond acceptors (Lipinski definition) is 4. The fraction of sp³-hybridized carbons (Fsp3) is 0.824. The fourth-order valence-corrected chi connectivity index (χ4v) is 3.21. The molecule has 0 aromatic carbocycles. The van der Waals surface area contributed by atoms with Gasteiger partial charge in [-0.2, -0.15) is 5.10 Å². The molecule has 1 aliphatic heterocycles. The largest absolute Gasteiger partial charge is 0.376 e. The second-order valence-electron chi connectivity index (χ2n) is 7.34. The maximum atomic E-state index is 12.6. The molecule has 1 aromatic heterocycles. The van der Waals surface area contributed by atoms with Gasteiger partial charge in [-0.25, -0.2) is 4.98 Å². The summed E-state index contributed by atoms with van der Waals surface area (Å²) in [6.45, 7) is 2.45. The number of nitrogens with zero attached hydrogens (tertiary/aromatic N) is 4. The van der Waals surface area contributed by atoms with Crippen LogP contribution in [0.1, 0.15) is 56.1 Å². The van der Waals surface area contributed by atoms with E-state index in [0.717, 1.165) is 50.1 Å². The van der Waals surface area contributed by atoms with E-state index in [4.69, 9.17) is 4.74 Å². The minimum Gasteiger partial charge on any atom is -0.376 e. The third-order valence-corrected chi connectivity index (χ3v) is 5.12. The number of ether oxygens (including phenoxy) is 1. The van der Waals surface area contributed by atoms with Crippen molar-refractivity contribution in [3.8, 4) is 0 Å². The molecule has 0 radical (unpaired) electrons. The van der Waals surface area contributed by atoms with Crippen molar-refractivity contribution < 1.29 is 9.53 Å². The van der Waals surface area contributed by atoms with Gasteiger partial charge in [-0.15, -0.1) is 0 Å². The summed E-state index contributed by atoms with van der Waals surface area (Å²) in [5, 5.41) is 4.45. The van der Waals surface area contributed by atoms with E-state index in [0.29, 0.717) is 12.3 Å². The fourth-order valence-electron chi connectivity index (χ4n) is 3.21. The van der Waals surface area contributed by atoms with Crippen LogP contribution in [-0.4, -0.2) is 51.4 Å². The number of aromatic nitrogens is 3. The first kappa shape index (κ1) is 15.1. The first-order valence-electron chi connectivity index (χ1n) is 8.98. The molecule has 2 heterocycles. The molecule has 1 saturated heterocycles. The molecule has 2 saturated carbocycles. The van der Waals surface area contributed by atoms with Gasteiger partial charge >= 0.3 is 0 Å². The Balaban J connectivity index is 1.32. The second-order valence-corrected chi connectivity index (χ2v) is 7.34. The highest BCUT2D eigenvalue weighted by atomic mass is 16.5. The van der Waals surface area contributed by atoms with Gasteiger partial charge in [0.15, 0.2) is 5.82 Å². The standard InChI is InChI=1S/C17H26N4O2/c1-20-15(18-17(19-20)13-6-7-13)9-16(22)21-8-2-3-14(10-21)23-11-12-4-5-12/h12-14H,2-11H2,1H3. The first-order valence-corrected chi connectivity index (χ1v) is 8.98.